The number of benzene rings is 2. The molecule has 0 spiro atoms. The Morgan fingerprint density at radius 3 is 2.88 bits per heavy atom. The summed E-state index contributed by atoms with van der Waals surface area (Å²) < 4.78 is 15.2. The molecule has 122 valence electrons. The van der Waals surface area contributed by atoms with Gasteiger partial charge in [-0.3, -0.25) is 4.79 Å². The Morgan fingerprint density at radius 2 is 2.04 bits per heavy atom. The lowest BCUT2D eigenvalue weighted by molar-refractivity contribution is -0.119. The average molecular weight is 326 g/mol. The van der Waals surface area contributed by atoms with E-state index in [1.807, 2.05) is 0 Å². The molecular formula is C17H14N2O5. The second-order valence-corrected chi connectivity index (χ2v) is 4.86. The standard InChI is InChI=1S/C17H14N2O5/c1-22-12-5-2-4-11(8-12)19-15(20)9-23-17(21)13-6-3-7-14-16(13)18-10-24-14/h2-8,10H,9H2,1H3,(H,19,20). The van der Waals surface area contributed by atoms with E-state index in [1.165, 1.54) is 13.5 Å². The number of rotatable bonds is 5. The molecule has 0 saturated carbocycles. The molecule has 0 unspecified atom stereocenters. The first kappa shape index (κ1) is 15.5. The molecule has 1 heterocycles. The third-order valence-corrected chi connectivity index (χ3v) is 3.27. The fraction of sp³-hybridized carbons (Fsp3) is 0.118. The molecule has 7 heteroatoms. The average Bonchev–Trinajstić information content (AvgIpc) is 3.08. The lowest BCUT2D eigenvalue weighted by Gasteiger charge is -2.08. The largest absolute Gasteiger partial charge is 0.497 e. The Kier molecular flexibility index (Phi) is 4.42. The molecule has 2 aromatic carbocycles. The summed E-state index contributed by atoms with van der Waals surface area (Å²) in [6, 6.07) is 11.8. The van der Waals surface area contributed by atoms with Crippen LogP contribution in [0.1, 0.15) is 10.4 Å². The predicted octanol–water partition coefficient (Wildman–Crippen LogP) is 2.63. The number of esters is 1. The third kappa shape index (κ3) is 3.35. The van der Waals surface area contributed by atoms with Crippen molar-refractivity contribution in [3.8, 4) is 5.75 Å². The summed E-state index contributed by atoms with van der Waals surface area (Å²) in [5.41, 5.74) is 1.67. The molecule has 0 atom stereocenters. The van der Waals surface area contributed by atoms with Gasteiger partial charge >= 0.3 is 5.97 Å². The normalized spacial score (nSPS) is 10.4. The lowest BCUT2D eigenvalue weighted by Crippen LogP contribution is -2.21. The van der Waals surface area contributed by atoms with Crippen molar-refractivity contribution < 1.29 is 23.5 Å². The highest BCUT2D eigenvalue weighted by Crippen LogP contribution is 2.18. The minimum atomic E-state index is -0.643. The molecule has 3 rings (SSSR count). The number of oxazole rings is 1. The quantitative estimate of drug-likeness (QED) is 0.725. The summed E-state index contributed by atoms with van der Waals surface area (Å²) in [4.78, 5) is 28.0. The van der Waals surface area contributed by atoms with E-state index in [1.54, 1.807) is 42.5 Å². The number of hydrogen-bond acceptors (Lipinski definition) is 6. The second-order valence-electron chi connectivity index (χ2n) is 4.86. The van der Waals surface area contributed by atoms with Crippen LogP contribution in [-0.2, 0) is 9.53 Å². The fourth-order valence-corrected chi connectivity index (χ4v) is 2.16. The number of aromatic nitrogens is 1. The van der Waals surface area contributed by atoms with Crippen LogP contribution in [0.25, 0.3) is 11.1 Å². The Morgan fingerprint density at radius 1 is 1.21 bits per heavy atom. The van der Waals surface area contributed by atoms with Gasteiger partial charge < -0.3 is 19.2 Å². The number of hydrogen-bond donors (Lipinski definition) is 1. The fourth-order valence-electron chi connectivity index (χ4n) is 2.16. The van der Waals surface area contributed by atoms with Gasteiger partial charge in [0, 0.05) is 11.8 Å². The molecule has 1 amide bonds. The highest BCUT2D eigenvalue weighted by Gasteiger charge is 2.15. The van der Waals surface area contributed by atoms with Crippen LogP contribution in [-0.4, -0.2) is 30.6 Å². The lowest BCUT2D eigenvalue weighted by atomic mass is 10.2. The van der Waals surface area contributed by atoms with E-state index in [0.717, 1.165) is 0 Å². The minimum absolute atomic E-state index is 0.246. The van der Waals surface area contributed by atoms with Crippen molar-refractivity contribution in [2.75, 3.05) is 19.0 Å². The van der Waals surface area contributed by atoms with Gasteiger partial charge in [0.25, 0.3) is 5.91 Å². The van der Waals surface area contributed by atoms with Gasteiger partial charge in [-0.2, -0.15) is 0 Å². The minimum Gasteiger partial charge on any atom is -0.497 e. The smallest absolute Gasteiger partial charge is 0.340 e. The van der Waals surface area contributed by atoms with E-state index in [2.05, 4.69) is 10.3 Å². The van der Waals surface area contributed by atoms with Gasteiger partial charge in [-0.15, -0.1) is 0 Å². The molecule has 0 bridgehead atoms. The van der Waals surface area contributed by atoms with Crippen molar-refractivity contribution in [2.45, 2.75) is 0 Å². The SMILES string of the molecule is COc1cccc(NC(=O)COC(=O)c2cccc3ocnc23)c1. The number of nitrogens with one attached hydrogen (secondary N) is 1. The Balaban J connectivity index is 1.61. The maximum Gasteiger partial charge on any atom is 0.340 e. The maximum atomic E-state index is 12.1. The number of para-hydroxylation sites is 1. The number of nitrogens with zero attached hydrogens (tertiary/aromatic N) is 1. The van der Waals surface area contributed by atoms with E-state index in [4.69, 9.17) is 13.9 Å². The molecule has 0 saturated heterocycles. The van der Waals surface area contributed by atoms with Crippen LogP contribution >= 0.6 is 0 Å². The number of fused-ring (bicyclic) bond motifs is 1. The van der Waals surface area contributed by atoms with Gasteiger partial charge in [0.05, 0.1) is 12.7 Å². The van der Waals surface area contributed by atoms with Crippen LogP contribution in [0.5, 0.6) is 5.75 Å². The predicted molar refractivity (Wildman–Crippen MR) is 85.9 cm³/mol. The van der Waals surface area contributed by atoms with Crippen molar-refractivity contribution in [1.82, 2.24) is 4.98 Å². The van der Waals surface area contributed by atoms with Gasteiger partial charge in [-0.1, -0.05) is 12.1 Å². The Hall–Kier alpha value is -3.35. The number of methoxy groups -OCH3 is 1. The van der Waals surface area contributed by atoms with Crippen LogP contribution in [0.3, 0.4) is 0 Å². The van der Waals surface area contributed by atoms with Crippen LogP contribution in [0.2, 0.25) is 0 Å². The number of ether oxygens (including phenoxy) is 2. The van der Waals surface area contributed by atoms with Crippen molar-refractivity contribution in [2.24, 2.45) is 0 Å². The molecule has 0 aliphatic rings. The van der Waals surface area contributed by atoms with Gasteiger partial charge in [-0.25, -0.2) is 9.78 Å². The van der Waals surface area contributed by atoms with E-state index in [-0.39, 0.29) is 5.56 Å². The molecule has 1 N–H and O–H groups in total. The van der Waals surface area contributed by atoms with E-state index in [9.17, 15) is 9.59 Å². The first-order valence-corrected chi connectivity index (χ1v) is 7.10. The van der Waals surface area contributed by atoms with E-state index >= 15 is 0 Å². The molecule has 0 radical (unpaired) electrons. The molecule has 3 aromatic rings. The summed E-state index contributed by atoms with van der Waals surface area (Å²) in [7, 11) is 1.53. The van der Waals surface area contributed by atoms with Gasteiger partial charge in [0.1, 0.15) is 11.3 Å². The summed E-state index contributed by atoms with van der Waals surface area (Å²) >= 11 is 0. The molecule has 0 aliphatic heterocycles. The topological polar surface area (TPSA) is 90.7 Å². The zero-order valence-corrected chi connectivity index (χ0v) is 12.8. The van der Waals surface area contributed by atoms with Crippen molar-refractivity contribution in [1.29, 1.82) is 0 Å². The molecule has 1 aromatic heterocycles. The number of carbonyl (C=O) groups is 2. The van der Waals surface area contributed by atoms with Crippen LogP contribution in [0, 0.1) is 0 Å². The molecular weight excluding hydrogens is 312 g/mol. The highest BCUT2D eigenvalue weighted by molar-refractivity contribution is 6.02. The van der Waals surface area contributed by atoms with Crippen molar-refractivity contribution in [3.05, 3.63) is 54.4 Å². The Bertz CT molecular complexity index is 887. The Labute approximate surface area is 137 Å². The number of anilines is 1. The number of carbonyl (C=O) groups excluding carboxylic acids is 2. The van der Waals surface area contributed by atoms with E-state index in [0.29, 0.717) is 22.5 Å². The van der Waals surface area contributed by atoms with Crippen LogP contribution in [0.4, 0.5) is 5.69 Å². The van der Waals surface area contributed by atoms with Crippen LogP contribution in [0.15, 0.2) is 53.3 Å². The maximum absolute atomic E-state index is 12.1. The van der Waals surface area contributed by atoms with Gasteiger partial charge in [-0.05, 0) is 24.3 Å². The zero-order chi connectivity index (χ0) is 16.9. The second kappa shape index (κ2) is 6.82. The first-order valence-electron chi connectivity index (χ1n) is 7.10. The van der Waals surface area contributed by atoms with Crippen molar-refractivity contribution >= 4 is 28.7 Å². The van der Waals surface area contributed by atoms with Gasteiger partial charge in [0.2, 0.25) is 0 Å². The molecule has 24 heavy (non-hydrogen) atoms. The molecule has 0 fully saturated rings. The summed E-state index contributed by atoms with van der Waals surface area (Å²) in [5.74, 6) is -0.485. The van der Waals surface area contributed by atoms with Crippen molar-refractivity contribution in [3.63, 3.8) is 0 Å². The zero-order valence-electron chi connectivity index (χ0n) is 12.8. The number of amides is 1. The first-order chi connectivity index (χ1) is 11.7. The van der Waals surface area contributed by atoms with Gasteiger partial charge in [0.15, 0.2) is 18.6 Å². The van der Waals surface area contributed by atoms with E-state index < -0.39 is 18.5 Å². The molecule has 7 nitrogen and oxygen atoms in total. The summed E-state index contributed by atoms with van der Waals surface area (Å²) in [6.07, 6.45) is 1.25. The molecule has 0 aliphatic carbocycles. The van der Waals surface area contributed by atoms with Crippen LogP contribution < -0.4 is 10.1 Å². The highest BCUT2D eigenvalue weighted by atomic mass is 16.5. The third-order valence-electron chi connectivity index (χ3n) is 3.27. The monoisotopic (exact) mass is 326 g/mol. The summed E-state index contributed by atoms with van der Waals surface area (Å²) in [6.45, 7) is -0.412. The summed E-state index contributed by atoms with van der Waals surface area (Å²) in [5, 5.41) is 2.63.